The number of hydrogen-bond acceptors (Lipinski definition) is 2. The molecule has 0 bridgehead atoms. The van der Waals surface area contributed by atoms with Gasteiger partial charge in [-0.05, 0) is 54.2 Å². The van der Waals surface area contributed by atoms with E-state index in [1.807, 2.05) is 23.1 Å². The number of hydrogen-bond donors (Lipinski definition) is 0. The van der Waals surface area contributed by atoms with Gasteiger partial charge in [0.2, 0.25) is 5.91 Å². The van der Waals surface area contributed by atoms with Gasteiger partial charge in [-0.15, -0.1) is 0 Å². The van der Waals surface area contributed by atoms with Crippen molar-refractivity contribution < 1.29 is 9.59 Å². The topological polar surface area (TPSA) is 40.6 Å². The molecule has 2 aromatic rings. The second-order valence-corrected chi connectivity index (χ2v) is 6.86. The molecule has 4 heteroatoms. The fraction of sp³-hybridized carbons (Fsp3) is 0.333. The van der Waals surface area contributed by atoms with Crippen LogP contribution in [0.4, 0.5) is 5.69 Å². The lowest BCUT2D eigenvalue weighted by atomic mass is 9.98. The molecule has 4 nitrogen and oxygen atoms in total. The third kappa shape index (κ3) is 2.93. The molecule has 2 aliphatic heterocycles. The van der Waals surface area contributed by atoms with Crippen LogP contribution in [0.25, 0.3) is 0 Å². The third-order valence-electron chi connectivity index (χ3n) is 5.38. The maximum absolute atomic E-state index is 13.0. The Kier molecular flexibility index (Phi) is 4.04. The number of carbonyl (C=O) groups excluding carboxylic acids is 2. The van der Waals surface area contributed by atoms with Crippen LogP contribution in [-0.2, 0) is 24.1 Å². The predicted octanol–water partition coefficient (Wildman–Crippen LogP) is 2.84. The molecule has 0 saturated carbocycles. The summed E-state index contributed by atoms with van der Waals surface area (Å²) in [5, 5.41) is 0. The second-order valence-electron chi connectivity index (χ2n) is 6.86. The first-order chi connectivity index (χ1) is 12.1. The molecule has 2 heterocycles. The fourth-order valence-electron chi connectivity index (χ4n) is 3.84. The van der Waals surface area contributed by atoms with Gasteiger partial charge in [-0.1, -0.05) is 24.3 Å². The quantitative estimate of drug-likeness (QED) is 0.805. The summed E-state index contributed by atoms with van der Waals surface area (Å²) in [6, 6.07) is 14.2. The van der Waals surface area contributed by atoms with Crippen molar-refractivity contribution in [3.63, 3.8) is 0 Å². The summed E-state index contributed by atoms with van der Waals surface area (Å²) in [5.41, 5.74) is 5.45. The molecule has 0 saturated heterocycles. The predicted molar refractivity (Wildman–Crippen MR) is 97.9 cm³/mol. The van der Waals surface area contributed by atoms with E-state index >= 15 is 0 Å². The van der Waals surface area contributed by atoms with Crippen LogP contribution in [0.1, 0.15) is 33.5 Å². The Hall–Kier alpha value is -2.62. The number of aryl methyl sites for hydroxylation is 1. The molecule has 2 amide bonds. The summed E-state index contributed by atoms with van der Waals surface area (Å²) < 4.78 is 0. The zero-order valence-corrected chi connectivity index (χ0v) is 14.5. The van der Waals surface area contributed by atoms with Crippen molar-refractivity contribution in [2.75, 3.05) is 25.0 Å². The molecule has 128 valence electrons. The number of benzene rings is 2. The van der Waals surface area contributed by atoms with Crippen LogP contribution in [0.2, 0.25) is 0 Å². The molecule has 0 spiro atoms. The first-order valence-electron chi connectivity index (χ1n) is 8.89. The van der Waals surface area contributed by atoms with Crippen LogP contribution in [0.5, 0.6) is 0 Å². The van der Waals surface area contributed by atoms with E-state index in [0.29, 0.717) is 12.8 Å². The van der Waals surface area contributed by atoms with Crippen LogP contribution >= 0.6 is 0 Å². The first-order valence-corrected chi connectivity index (χ1v) is 8.89. The molecule has 2 aromatic carbocycles. The molecule has 0 aromatic heterocycles. The molecule has 0 atom stereocenters. The number of carbonyl (C=O) groups is 2. The molecule has 0 N–H and O–H groups in total. The van der Waals surface area contributed by atoms with Gasteiger partial charge in [-0.2, -0.15) is 0 Å². The molecule has 0 fully saturated rings. The van der Waals surface area contributed by atoms with Gasteiger partial charge in [0.15, 0.2) is 0 Å². The number of nitrogens with zero attached hydrogens (tertiary/aromatic N) is 2. The maximum atomic E-state index is 13.0. The van der Waals surface area contributed by atoms with Gasteiger partial charge in [0.05, 0.1) is 0 Å². The van der Waals surface area contributed by atoms with Crippen molar-refractivity contribution in [1.29, 1.82) is 0 Å². The molecule has 25 heavy (non-hydrogen) atoms. The zero-order valence-electron chi connectivity index (χ0n) is 14.5. The Balaban J connectivity index is 1.55. The standard InChI is InChI=1S/C21H22N2O2/c1-22-19-8-6-18(14-17(19)7-9-20(22)24)21(25)23-12-10-15-4-2-3-5-16(15)11-13-23/h2-6,8,14H,7,9-13H2,1H3. The number of rotatable bonds is 1. The van der Waals surface area contributed by atoms with Gasteiger partial charge in [-0.3, -0.25) is 9.59 Å². The highest BCUT2D eigenvalue weighted by Gasteiger charge is 2.24. The molecular formula is C21H22N2O2. The minimum atomic E-state index is 0.0927. The van der Waals surface area contributed by atoms with E-state index in [-0.39, 0.29) is 11.8 Å². The van der Waals surface area contributed by atoms with Gasteiger partial charge in [0.1, 0.15) is 0 Å². The fourth-order valence-corrected chi connectivity index (χ4v) is 3.84. The maximum Gasteiger partial charge on any atom is 0.253 e. The van der Waals surface area contributed by atoms with E-state index in [2.05, 4.69) is 24.3 Å². The van der Waals surface area contributed by atoms with E-state index in [9.17, 15) is 9.59 Å². The average molecular weight is 334 g/mol. The molecular weight excluding hydrogens is 312 g/mol. The van der Waals surface area contributed by atoms with Crippen molar-refractivity contribution in [3.05, 3.63) is 64.7 Å². The normalized spacial score (nSPS) is 16.9. The van der Waals surface area contributed by atoms with Crippen LogP contribution in [0, 0.1) is 0 Å². The van der Waals surface area contributed by atoms with E-state index in [1.54, 1.807) is 11.9 Å². The van der Waals surface area contributed by atoms with Crippen molar-refractivity contribution in [2.45, 2.75) is 25.7 Å². The summed E-state index contributed by atoms with van der Waals surface area (Å²) in [6.07, 6.45) is 3.04. The van der Waals surface area contributed by atoms with Gasteiger partial charge in [0, 0.05) is 37.8 Å². The summed E-state index contributed by atoms with van der Waals surface area (Å²) >= 11 is 0. The highest BCUT2D eigenvalue weighted by atomic mass is 16.2. The third-order valence-corrected chi connectivity index (χ3v) is 5.38. The zero-order chi connectivity index (χ0) is 17.4. The van der Waals surface area contributed by atoms with Crippen LogP contribution < -0.4 is 4.90 Å². The monoisotopic (exact) mass is 334 g/mol. The average Bonchev–Trinajstić information content (AvgIpc) is 2.87. The number of amides is 2. The Morgan fingerprint density at radius 3 is 2.24 bits per heavy atom. The van der Waals surface area contributed by atoms with E-state index in [4.69, 9.17) is 0 Å². The minimum Gasteiger partial charge on any atom is -0.338 e. The Labute approximate surface area is 148 Å². The van der Waals surface area contributed by atoms with Gasteiger partial charge in [-0.25, -0.2) is 0 Å². The van der Waals surface area contributed by atoms with E-state index < -0.39 is 0 Å². The van der Waals surface area contributed by atoms with E-state index in [0.717, 1.165) is 42.7 Å². The smallest absolute Gasteiger partial charge is 0.253 e. The minimum absolute atomic E-state index is 0.0927. The van der Waals surface area contributed by atoms with Gasteiger partial charge in [0.25, 0.3) is 5.91 Å². The summed E-state index contributed by atoms with van der Waals surface area (Å²) in [7, 11) is 1.80. The van der Waals surface area contributed by atoms with Crippen LogP contribution in [-0.4, -0.2) is 36.9 Å². The largest absolute Gasteiger partial charge is 0.338 e. The van der Waals surface area contributed by atoms with Crippen molar-refractivity contribution in [1.82, 2.24) is 4.90 Å². The van der Waals surface area contributed by atoms with Crippen molar-refractivity contribution >= 4 is 17.5 Å². The second kappa shape index (κ2) is 6.36. The van der Waals surface area contributed by atoms with Crippen molar-refractivity contribution in [3.8, 4) is 0 Å². The molecule has 0 unspecified atom stereocenters. The lowest BCUT2D eigenvalue weighted by molar-refractivity contribution is -0.118. The summed E-state index contributed by atoms with van der Waals surface area (Å²) in [4.78, 5) is 28.4. The van der Waals surface area contributed by atoms with Crippen molar-refractivity contribution in [2.24, 2.45) is 0 Å². The van der Waals surface area contributed by atoms with Crippen LogP contribution in [0.15, 0.2) is 42.5 Å². The Bertz CT molecular complexity index is 817. The Morgan fingerprint density at radius 2 is 1.56 bits per heavy atom. The van der Waals surface area contributed by atoms with E-state index in [1.165, 1.54) is 11.1 Å². The lowest BCUT2D eigenvalue weighted by Gasteiger charge is -2.27. The SMILES string of the molecule is CN1C(=O)CCc2cc(C(=O)N3CCc4ccccc4CC3)ccc21. The molecule has 0 radical (unpaired) electrons. The number of fused-ring (bicyclic) bond motifs is 2. The first kappa shape index (κ1) is 15.9. The van der Waals surface area contributed by atoms with Gasteiger partial charge < -0.3 is 9.80 Å². The highest BCUT2D eigenvalue weighted by Crippen LogP contribution is 2.28. The molecule has 0 aliphatic carbocycles. The molecule has 4 rings (SSSR count). The number of anilines is 1. The summed E-state index contributed by atoms with van der Waals surface area (Å²) in [5.74, 6) is 0.229. The lowest BCUT2D eigenvalue weighted by Crippen LogP contribution is -2.34. The highest BCUT2D eigenvalue weighted by molar-refractivity contribution is 5.99. The summed E-state index contributed by atoms with van der Waals surface area (Å²) in [6.45, 7) is 1.51. The molecule has 2 aliphatic rings. The Morgan fingerprint density at radius 1 is 0.880 bits per heavy atom. The van der Waals surface area contributed by atoms with Gasteiger partial charge >= 0.3 is 0 Å². The van der Waals surface area contributed by atoms with Crippen LogP contribution in [0.3, 0.4) is 0 Å².